The van der Waals surface area contributed by atoms with Crippen molar-refractivity contribution in [3.8, 4) is 0 Å². The maximum absolute atomic E-state index is 14.8. The van der Waals surface area contributed by atoms with Crippen molar-refractivity contribution in [3.05, 3.63) is 70.0 Å². The van der Waals surface area contributed by atoms with E-state index < -0.39 is 63.2 Å². The van der Waals surface area contributed by atoms with Crippen LogP contribution >= 0.6 is 0 Å². The van der Waals surface area contributed by atoms with Gasteiger partial charge in [-0.3, -0.25) is 0 Å². The third kappa shape index (κ3) is 1.80. The Hall–Kier alpha value is -2.23. The molecule has 1 aliphatic rings. The number of hydrogen-bond donors (Lipinski definition) is 1. The second-order valence-corrected chi connectivity index (χ2v) is 5.36. The van der Waals surface area contributed by atoms with Crippen molar-refractivity contribution in [2.75, 3.05) is 0 Å². The molecular weight excluding hydrogens is 367 g/mol. The second-order valence-electron chi connectivity index (χ2n) is 5.36. The molecule has 2 unspecified atom stereocenters. The molecule has 0 bridgehead atoms. The lowest BCUT2D eigenvalue weighted by atomic mass is 9.58. The van der Waals surface area contributed by atoms with Gasteiger partial charge < -0.3 is 5.11 Å². The van der Waals surface area contributed by atoms with Crippen molar-refractivity contribution in [3.63, 3.8) is 0 Å². The smallest absolute Gasteiger partial charge is 0.376 e. The van der Waals surface area contributed by atoms with Crippen LogP contribution in [0.5, 0.6) is 0 Å². The summed E-state index contributed by atoms with van der Waals surface area (Å²) >= 11 is 0. The molecule has 1 N–H and O–H groups in total. The van der Waals surface area contributed by atoms with E-state index in [2.05, 4.69) is 0 Å². The zero-order valence-corrected chi connectivity index (χ0v) is 11.7. The number of fused-ring (bicyclic) bond motifs is 1. The number of alkyl halides is 4. The molecule has 0 aromatic heterocycles. The van der Waals surface area contributed by atoms with Crippen LogP contribution in [0, 0.1) is 29.1 Å². The molecule has 10 heteroatoms. The monoisotopic (exact) mass is 372 g/mol. The van der Waals surface area contributed by atoms with E-state index in [1.807, 2.05) is 0 Å². The highest BCUT2D eigenvalue weighted by Crippen LogP contribution is 2.66. The Morgan fingerprint density at radius 2 is 1.12 bits per heavy atom. The van der Waals surface area contributed by atoms with Crippen LogP contribution in [0.25, 0.3) is 0 Å². The van der Waals surface area contributed by atoms with Gasteiger partial charge in [0.2, 0.25) is 5.82 Å². The minimum absolute atomic E-state index is 0.587. The summed E-state index contributed by atoms with van der Waals surface area (Å²) in [5, 5.41) is 10.3. The summed E-state index contributed by atoms with van der Waals surface area (Å²) in [5.41, 5.74) is -13.4. The maximum atomic E-state index is 14.8. The molecule has 25 heavy (non-hydrogen) atoms. The van der Waals surface area contributed by atoms with E-state index in [9.17, 15) is 44.6 Å². The van der Waals surface area contributed by atoms with Gasteiger partial charge in [-0.15, -0.1) is 0 Å². The van der Waals surface area contributed by atoms with Crippen molar-refractivity contribution in [2.45, 2.75) is 17.4 Å². The Bertz CT molecular complexity index is 862. The molecule has 2 atom stereocenters. The number of aliphatic hydroxyl groups is 1. The summed E-state index contributed by atoms with van der Waals surface area (Å²) in [4.78, 5) is 0. The number of halogens is 9. The van der Waals surface area contributed by atoms with Crippen LogP contribution in [0.2, 0.25) is 0 Å². The Labute approximate surface area is 133 Å². The van der Waals surface area contributed by atoms with Crippen molar-refractivity contribution in [2.24, 2.45) is 0 Å². The molecule has 1 aliphatic carbocycles. The first-order valence-electron chi connectivity index (χ1n) is 6.50. The third-order valence-corrected chi connectivity index (χ3v) is 4.15. The first-order valence-corrected chi connectivity index (χ1v) is 6.50. The van der Waals surface area contributed by atoms with Gasteiger partial charge in [-0.2, -0.15) is 13.2 Å². The zero-order valence-electron chi connectivity index (χ0n) is 11.7. The molecule has 2 aromatic rings. The van der Waals surface area contributed by atoms with Gasteiger partial charge >= 0.3 is 6.18 Å². The average Bonchev–Trinajstić information content (AvgIpc) is 2.56. The van der Waals surface area contributed by atoms with E-state index in [1.54, 1.807) is 0 Å². The van der Waals surface area contributed by atoms with Gasteiger partial charge in [0.25, 0.3) is 5.67 Å². The molecular formula is C15H5F9O. The lowest BCUT2D eigenvalue weighted by Crippen LogP contribution is -2.64. The fraction of sp³-hybridized carbons (Fsp3) is 0.200. The molecule has 0 saturated heterocycles. The number of benzene rings is 2. The van der Waals surface area contributed by atoms with Crippen molar-refractivity contribution >= 4 is 0 Å². The van der Waals surface area contributed by atoms with Crippen molar-refractivity contribution < 1.29 is 44.6 Å². The molecule has 0 heterocycles. The molecule has 3 rings (SSSR count). The van der Waals surface area contributed by atoms with E-state index in [0.29, 0.717) is 12.1 Å². The fourth-order valence-corrected chi connectivity index (χ4v) is 3.00. The topological polar surface area (TPSA) is 20.2 Å². The van der Waals surface area contributed by atoms with Crippen LogP contribution in [-0.4, -0.2) is 11.3 Å². The molecule has 0 aliphatic heterocycles. The highest BCUT2D eigenvalue weighted by atomic mass is 19.4. The SMILES string of the molecule is OC1(c2c(F)c(F)c(F)c(F)c2F)c2ccccc2C1(F)C(F)(F)F. The minimum atomic E-state index is -5.91. The van der Waals surface area contributed by atoms with Gasteiger partial charge in [-0.25, -0.2) is 26.3 Å². The molecule has 0 spiro atoms. The van der Waals surface area contributed by atoms with E-state index in [1.165, 1.54) is 0 Å². The quantitative estimate of drug-likeness (QED) is 0.448. The van der Waals surface area contributed by atoms with Gasteiger partial charge in [0.05, 0.1) is 5.56 Å². The summed E-state index contributed by atoms with van der Waals surface area (Å²) in [6.45, 7) is 0. The predicted molar refractivity (Wildman–Crippen MR) is 64.5 cm³/mol. The Morgan fingerprint density at radius 3 is 1.56 bits per heavy atom. The first kappa shape index (κ1) is 17.6. The van der Waals surface area contributed by atoms with Crippen LogP contribution in [0.3, 0.4) is 0 Å². The van der Waals surface area contributed by atoms with Gasteiger partial charge in [0.1, 0.15) is 0 Å². The van der Waals surface area contributed by atoms with Gasteiger partial charge in [0.15, 0.2) is 28.9 Å². The highest BCUT2D eigenvalue weighted by Gasteiger charge is 2.79. The fourth-order valence-electron chi connectivity index (χ4n) is 3.00. The summed E-state index contributed by atoms with van der Waals surface area (Å²) in [5.74, 6) is -13.3. The highest BCUT2D eigenvalue weighted by molar-refractivity contribution is 5.59. The van der Waals surface area contributed by atoms with Crippen LogP contribution in [0.15, 0.2) is 24.3 Å². The van der Waals surface area contributed by atoms with Crippen LogP contribution in [0.4, 0.5) is 39.5 Å². The lowest BCUT2D eigenvalue weighted by molar-refractivity contribution is -0.308. The Balaban J connectivity index is 2.45. The molecule has 1 nitrogen and oxygen atoms in total. The molecule has 0 radical (unpaired) electrons. The molecule has 0 amide bonds. The maximum Gasteiger partial charge on any atom is 0.430 e. The van der Waals surface area contributed by atoms with Crippen molar-refractivity contribution in [1.82, 2.24) is 0 Å². The normalized spacial score (nSPS) is 25.5. The van der Waals surface area contributed by atoms with Crippen molar-refractivity contribution in [1.29, 1.82) is 0 Å². The van der Waals surface area contributed by atoms with E-state index in [-0.39, 0.29) is 0 Å². The number of hydrogen-bond acceptors (Lipinski definition) is 1. The predicted octanol–water partition coefficient (Wildman–Crippen LogP) is 4.36. The standard InChI is InChI=1S/C15H5F9O/c16-8-7(9(17)11(19)12(20)10(8)18)13(25)5-3-1-2-4-6(5)14(13,21)15(22,23)24/h1-4,25H. The minimum Gasteiger partial charge on any atom is -0.376 e. The second kappa shape index (κ2) is 4.90. The third-order valence-electron chi connectivity index (χ3n) is 4.15. The molecule has 134 valence electrons. The molecule has 0 saturated carbocycles. The summed E-state index contributed by atoms with van der Waals surface area (Å²) in [6.07, 6.45) is -5.91. The van der Waals surface area contributed by atoms with Gasteiger partial charge in [-0.05, 0) is 5.56 Å². The summed E-state index contributed by atoms with van der Waals surface area (Å²) in [6, 6.07) is 3.24. The van der Waals surface area contributed by atoms with Gasteiger partial charge in [-0.1, -0.05) is 24.3 Å². The number of rotatable bonds is 1. The molecule has 0 fully saturated rings. The van der Waals surface area contributed by atoms with E-state index in [0.717, 1.165) is 12.1 Å². The molecule has 2 aromatic carbocycles. The first-order chi connectivity index (χ1) is 11.4. The summed E-state index contributed by atoms with van der Waals surface area (Å²) in [7, 11) is 0. The van der Waals surface area contributed by atoms with E-state index >= 15 is 0 Å². The van der Waals surface area contributed by atoms with E-state index in [4.69, 9.17) is 0 Å². The van der Waals surface area contributed by atoms with Crippen LogP contribution in [0.1, 0.15) is 16.7 Å². The van der Waals surface area contributed by atoms with Crippen LogP contribution in [-0.2, 0) is 11.3 Å². The average molecular weight is 372 g/mol. The van der Waals surface area contributed by atoms with Gasteiger partial charge in [0, 0.05) is 5.56 Å². The lowest BCUT2D eigenvalue weighted by Gasteiger charge is -2.52. The Morgan fingerprint density at radius 1 is 0.720 bits per heavy atom. The Kier molecular flexibility index (Phi) is 3.45. The zero-order chi connectivity index (χ0) is 18.9. The largest absolute Gasteiger partial charge is 0.430 e. The summed E-state index contributed by atoms with van der Waals surface area (Å²) < 4.78 is 122. The van der Waals surface area contributed by atoms with Crippen LogP contribution < -0.4 is 0 Å².